The highest BCUT2D eigenvalue weighted by Gasteiger charge is 2.31. The SMILES string of the molecule is Cc1ccnc(NC(=O)c2oc3c(c2C)/C(=N/Nc2cccc(C(F)(F)F)c2)CCC3)c1. The number of hydrogen-bond acceptors (Lipinski definition) is 5. The summed E-state index contributed by atoms with van der Waals surface area (Å²) in [4.78, 5) is 16.9. The highest BCUT2D eigenvalue weighted by Crippen LogP contribution is 2.32. The maximum absolute atomic E-state index is 13.0. The van der Waals surface area contributed by atoms with E-state index in [1.54, 1.807) is 19.2 Å². The van der Waals surface area contributed by atoms with E-state index in [1.165, 1.54) is 12.1 Å². The molecule has 1 aromatic carbocycles. The van der Waals surface area contributed by atoms with Gasteiger partial charge in [0.2, 0.25) is 0 Å². The van der Waals surface area contributed by atoms with Crippen molar-refractivity contribution in [1.82, 2.24) is 4.98 Å². The minimum Gasteiger partial charge on any atom is -0.455 e. The van der Waals surface area contributed by atoms with E-state index in [9.17, 15) is 18.0 Å². The fourth-order valence-corrected chi connectivity index (χ4v) is 3.67. The summed E-state index contributed by atoms with van der Waals surface area (Å²) in [6.45, 7) is 3.67. The molecule has 2 heterocycles. The number of alkyl halides is 3. The molecular formula is C23H21F3N4O2. The molecule has 4 rings (SSSR count). The Bertz CT molecular complexity index is 1200. The van der Waals surface area contributed by atoms with Gasteiger partial charge in [0.15, 0.2) is 5.76 Å². The summed E-state index contributed by atoms with van der Waals surface area (Å²) in [5.41, 5.74) is 5.14. The van der Waals surface area contributed by atoms with Gasteiger partial charge in [0.25, 0.3) is 5.91 Å². The average Bonchev–Trinajstić information content (AvgIpc) is 3.09. The van der Waals surface area contributed by atoms with E-state index in [1.807, 2.05) is 13.0 Å². The van der Waals surface area contributed by atoms with Gasteiger partial charge in [0, 0.05) is 23.7 Å². The number of rotatable bonds is 4. The van der Waals surface area contributed by atoms with Crippen molar-refractivity contribution in [2.45, 2.75) is 39.3 Å². The van der Waals surface area contributed by atoms with Crippen molar-refractivity contribution in [2.24, 2.45) is 5.10 Å². The van der Waals surface area contributed by atoms with Crippen LogP contribution in [-0.2, 0) is 12.6 Å². The lowest BCUT2D eigenvalue weighted by molar-refractivity contribution is -0.137. The van der Waals surface area contributed by atoms with E-state index < -0.39 is 17.6 Å². The van der Waals surface area contributed by atoms with Crippen molar-refractivity contribution in [3.63, 3.8) is 0 Å². The van der Waals surface area contributed by atoms with E-state index >= 15 is 0 Å². The first-order valence-corrected chi connectivity index (χ1v) is 10.1. The second-order valence-corrected chi connectivity index (χ2v) is 7.63. The van der Waals surface area contributed by atoms with Crippen LogP contribution < -0.4 is 10.7 Å². The predicted molar refractivity (Wildman–Crippen MR) is 115 cm³/mol. The number of halogens is 3. The number of furan rings is 1. The topological polar surface area (TPSA) is 79.5 Å². The number of pyridine rings is 1. The van der Waals surface area contributed by atoms with E-state index in [2.05, 4.69) is 20.8 Å². The van der Waals surface area contributed by atoms with Crippen LogP contribution in [0.5, 0.6) is 0 Å². The van der Waals surface area contributed by atoms with Crippen molar-refractivity contribution in [1.29, 1.82) is 0 Å². The second kappa shape index (κ2) is 8.49. The van der Waals surface area contributed by atoms with Gasteiger partial charge in [0.1, 0.15) is 11.6 Å². The average molecular weight is 442 g/mol. The Morgan fingerprint density at radius 3 is 2.72 bits per heavy atom. The quantitative estimate of drug-likeness (QED) is 0.507. The molecule has 1 amide bonds. The summed E-state index contributed by atoms with van der Waals surface area (Å²) in [6.07, 6.45) is -0.814. The number of nitrogens with one attached hydrogen (secondary N) is 2. The molecule has 0 saturated heterocycles. The molecule has 166 valence electrons. The molecule has 0 atom stereocenters. The molecule has 0 bridgehead atoms. The number of hydrazone groups is 1. The molecule has 0 radical (unpaired) electrons. The molecule has 1 aliphatic carbocycles. The predicted octanol–water partition coefficient (Wildman–Crippen LogP) is 5.72. The first-order chi connectivity index (χ1) is 15.2. The molecule has 0 spiro atoms. The zero-order valence-corrected chi connectivity index (χ0v) is 17.5. The third-order valence-electron chi connectivity index (χ3n) is 5.20. The first-order valence-electron chi connectivity index (χ1n) is 10.1. The minimum absolute atomic E-state index is 0.173. The highest BCUT2D eigenvalue weighted by atomic mass is 19.4. The molecule has 2 N–H and O–H groups in total. The molecule has 1 aliphatic rings. The summed E-state index contributed by atoms with van der Waals surface area (Å²) in [6, 6.07) is 8.42. The van der Waals surface area contributed by atoms with Crippen LogP contribution >= 0.6 is 0 Å². The number of benzene rings is 1. The van der Waals surface area contributed by atoms with Crippen molar-refractivity contribution >= 4 is 23.1 Å². The molecule has 32 heavy (non-hydrogen) atoms. The van der Waals surface area contributed by atoms with E-state index in [-0.39, 0.29) is 11.4 Å². The third-order valence-corrected chi connectivity index (χ3v) is 5.20. The number of amides is 1. The minimum atomic E-state index is -4.43. The maximum atomic E-state index is 13.0. The Labute approximate surface area is 182 Å². The summed E-state index contributed by atoms with van der Waals surface area (Å²) in [5, 5.41) is 7.08. The Balaban J connectivity index is 1.59. The van der Waals surface area contributed by atoms with Gasteiger partial charge in [-0.25, -0.2) is 4.98 Å². The van der Waals surface area contributed by atoms with Crippen LogP contribution in [-0.4, -0.2) is 16.6 Å². The number of hydrogen-bond donors (Lipinski definition) is 2. The fourth-order valence-electron chi connectivity index (χ4n) is 3.67. The number of anilines is 2. The lowest BCUT2D eigenvalue weighted by Gasteiger charge is -2.14. The molecule has 0 saturated carbocycles. The van der Waals surface area contributed by atoms with Crippen LogP contribution in [0.15, 0.2) is 52.1 Å². The van der Waals surface area contributed by atoms with Crippen molar-refractivity contribution < 1.29 is 22.4 Å². The van der Waals surface area contributed by atoms with Crippen LogP contribution in [0.25, 0.3) is 0 Å². The summed E-state index contributed by atoms with van der Waals surface area (Å²) >= 11 is 0. The van der Waals surface area contributed by atoms with E-state index in [0.717, 1.165) is 29.7 Å². The molecule has 0 fully saturated rings. The summed E-state index contributed by atoms with van der Waals surface area (Å²) in [5.74, 6) is 0.816. The summed E-state index contributed by atoms with van der Waals surface area (Å²) in [7, 11) is 0. The number of aromatic nitrogens is 1. The highest BCUT2D eigenvalue weighted by molar-refractivity contribution is 6.09. The second-order valence-electron chi connectivity index (χ2n) is 7.63. The van der Waals surface area contributed by atoms with Crippen LogP contribution in [0.4, 0.5) is 24.7 Å². The largest absolute Gasteiger partial charge is 0.455 e. The Morgan fingerprint density at radius 2 is 1.97 bits per heavy atom. The molecule has 6 nitrogen and oxygen atoms in total. The molecular weight excluding hydrogens is 421 g/mol. The Hall–Kier alpha value is -3.62. The lowest BCUT2D eigenvalue weighted by Crippen LogP contribution is -2.15. The first kappa shape index (κ1) is 21.6. The number of nitrogens with zero attached hydrogens (tertiary/aromatic N) is 2. The van der Waals surface area contributed by atoms with Crippen LogP contribution in [0.3, 0.4) is 0 Å². The van der Waals surface area contributed by atoms with Gasteiger partial charge in [0.05, 0.1) is 17.0 Å². The number of carbonyl (C=O) groups is 1. The van der Waals surface area contributed by atoms with Gasteiger partial charge in [-0.05, 0) is 62.6 Å². The normalized spacial score (nSPS) is 14.8. The summed E-state index contributed by atoms with van der Waals surface area (Å²) < 4.78 is 44.7. The number of aryl methyl sites for hydroxylation is 2. The fraction of sp³-hybridized carbons (Fsp3) is 0.261. The van der Waals surface area contributed by atoms with Gasteiger partial charge in [-0.3, -0.25) is 10.2 Å². The van der Waals surface area contributed by atoms with Gasteiger partial charge in [-0.2, -0.15) is 18.3 Å². The number of fused-ring (bicyclic) bond motifs is 1. The van der Waals surface area contributed by atoms with Gasteiger partial charge >= 0.3 is 6.18 Å². The maximum Gasteiger partial charge on any atom is 0.416 e. The molecule has 0 unspecified atom stereocenters. The van der Waals surface area contributed by atoms with Crippen molar-refractivity contribution in [2.75, 3.05) is 10.7 Å². The zero-order valence-electron chi connectivity index (χ0n) is 17.5. The Kier molecular flexibility index (Phi) is 5.73. The van der Waals surface area contributed by atoms with Crippen LogP contribution in [0.1, 0.15) is 51.4 Å². The van der Waals surface area contributed by atoms with Gasteiger partial charge in [-0.1, -0.05) is 6.07 Å². The molecule has 0 aliphatic heterocycles. The lowest BCUT2D eigenvalue weighted by atomic mass is 9.93. The van der Waals surface area contributed by atoms with Crippen molar-refractivity contribution in [3.05, 3.63) is 76.4 Å². The van der Waals surface area contributed by atoms with Crippen LogP contribution in [0.2, 0.25) is 0 Å². The molecule has 9 heteroatoms. The van der Waals surface area contributed by atoms with Crippen LogP contribution in [0, 0.1) is 13.8 Å². The van der Waals surface area contributed by atoms with E-state index in [4.69, 9.17) is 4.42 Å². The monoisotopic (exact) mass is 442 g/mol. The van der Waals surface area contributed by atoms with Gasteiger partial charge < -0.3 is 9.73 Å². The standard InChI is InChI=1S/C23H21F3N4O2/c1-13-9-10-27-19(11-13)28-22(31)21-14(2)20-17(7-4-8-18(20)32-21)30-29-16-6-3-5-15(12-16)23(24,25)26/h3,5-6,9-12,29H,4,7-8H2,1-2H3,(H,27,28,31)/b30-17+. The smallest absolute Gasteiger partial charge is 0.416 e. The Morgan fingerprint density at radius 1 is 1.16 bits per heavy atom. The number of carbonyl (C=O) groups excluding carboxylic acids is 1. The molecule has 2 aromatic heterocycles. The van der Waals surface area contributed by atoms with E-state index in [0.29, 0.717) is 35.7 Å². The molecule has 3 aromatic rings. The zero-order chi connectivity index (χ0) is 22.9. The van der Waals surface area contributed by atoms with Gasteiger partial charge in [-0.15, -0.1) is 0 Å². The third kappa shape index (κ3) is 4.51. The van der Waals surface area contributed by atoms with Crippen molar-refractivity contribution in [3.8, 4) is 0 Å².